The van der Waals surface area contributed by atoms with E-state index in [1.807, 2.05) is 18.2 Å². The molecule has 0 amide bonds. The van der Waals surface area contributed by atoms with Crippen molar-refractivity contribution in [3.05, 3.63) is 48.7 Å². The summed E-state index contributed by atoms with van der Waals surface area (Å²) < 4.78 is 1.53. The maximum absolute atomic E-state index is 11.4. The number of hydrogen-bond donors (Lipinski definition) is 1. The van der Waals surface area contributed by atoms with E-state index in [-0.39, 0.29) is 12.5 Å². The SMILES string of the molecule is C=CC(=O)n1ccc2cc(CO)ccc21. The van der Waals surface area contributed by atoms with Crippen molar-refractivity contribution in [2.75, 3.05) is 0 Å². The second-order valence-corrected chi connectivity index (χ2v) is 3.28. The van der Waals surface area contributed by atoms with Gasteiger partial charge in [-0.3, -0.25) is 9.36 Å². The Morgan fingerprint density at radius 3 is 2.93 bits per heavy atom. The third-order valence-corrected chi connectivity index (χ3v) is 2.35. The van der Waals surface area contributed by atoms with E-state index in [1.54, 1.807) is 12.3 Å². The molecule has 0 radical (unpaired) electrons. The van der Waals surface area contributed by atoms with Gasteiger partial charge in [-0.15, -0.1) is 0 Å². The van der Waals surface area contributed by atoms with E-state index in [4.69, 9.17) is 5.11 Å². The zero-order valence-corrected chi connectivity index (χ0v) is 8.18. The quantitative estimate of drug-likeness (QED) is 0.755. The van der Waals surface area contributed by atoms with Crippen LogP contribution < -0.4 is 0 Å². The van der Waals surface area contributed by atoms with Crippen LogP contribution >= 0.6 is 0 Å². The number of aromatic nitrogens is 1. The average Bonchev–Trinajstić information content (AvgIpc) is 2.70. The van der Waals surface area contributed by atoms with E-state index in [9.17, 15) is 4.79 Å². The molecular weight excluding hydrogens is 190 g/mol. The van der Waals surface area contributed by atoms with Crippen LogP contribution in [-0.2, 0) is 6.61 Å². The Kier molecular flexibility index (Phi) is 2.39. The smallest absolute Gasteiger partial charge is 0.254 e. The van der Waals surface area contributed by atoms with Crippen LogP contribution in [0.2, 0.25) is 0 Å². The van der Waals surface area contributed by atoms with Gasteiger partial charge in [0, 0.05) is 11.6 Å². The zero-order chi connectivity index (χ0) is 10.8. The van der Waals surface area contributed by atoms with Crippen molar-refractivity contribution in [1.29, 1.82) is 0 Å². The third-order valence-electron chi connectivity index (χ3n) is 2.35. The molecule has 0 spiro atoms. The maximum atomic E-state index is 11.4. The van der Waals surface area contributed by atoms with Gasteiger partial charge in [0.1, 0.15) is 0 Å². The van der Waals surface area contributed by atoms with Crippen LogP contribution in [0.1, 0.15) is 10.4 Å². The normalized spacial score (nSPS) is 10.5. The predicted octanol–water partition coefficient (Wildman–Crippen LogP) is 1.96. The molecule has 1 N–H and O–H groups in total. The van der Waals surface area contributed by atoms with Crippen LogP contribution in [0.5, 0.6) is 0 Å². The van der Waals surface area contributed by atoms with Gasteiger partial charge >= 0.3 is 0 Å². The summed E-state index contributed by atoms with van der Waals surface area (Å²) in [7, 11) is 0. The highest BCUT2D eigenvalue weighted by Crippen LogP contribution is 2.17. The molecule has 0 aliphatic carbocycles. The molecule has 2 aromatic rings. The molecule has 0 saturated heterocycles. The van der Waals surface area contributed by atoms with Gasteiger partial charge in [-0.25, -0.2) is 0 Å². The number of aliphatic hydroxyl groups is 1. The minimum atomic E-state index is -0.151. The van der Waals surface area contributed by atoms with E-state index in [2.05, 4.69) is 6.58 Å². The van der Waals surface area contributed by atoms with Crippen molar-refractivity contribution in [1.82, 2.24) is 4.57 Å². The first-order valence-corrected chi connectivity index (χ1v) is 4.64. The molecule has 3 nitrogen and oxygen atoms in total. The molecule has 1 heterocycles. The highest BCUT2D eigenvalue weighted by atomic mass is 16.3. The van der Waals surface area contributed by atoms with Crippen molar-refractivity contribution >= 4 is 16.8 Å². The van der Waals surface area contributed by atoms with Gasteiger partial charge in [0.2, 0.25) is 0 Å². The van der Waals surface area contributed by atoms with E-state index in [0.717, 1.165) is 16.5 Å². The Labute approximate surface area is 87.3 Å². The Morgan fingerprint density at radius 2 is 2.27 bits per heavy atom. The van der Waals surface area contributed by atoms with Crippen LogP contribution in [0.3, 0.4) is 0 Å². The number of hydrogen-bond acceptors (Lipinski definition) is 2. The number of aliphatic hydroxyl groups excluding tert-OH is 1. The van der Waals surface area contributed by atoms with Crippen LogP contribution in [-0.4, -0.2) is 15.6 Å². The van der Waals surface area contributed by atoms with Gasteiger partial charge < -0.3 is 5.11 Å². The fraction of sp³-hybridized carbons (Fsp3) is 0.0833. The first kappa shape index (κ1) is 9.68. The summed E-state index contributed by atoms with van der Waals surface area (Å²) >= 11 is 0. The highest BCUT2D eigenvalue weighted by Gasteiger charge is 2.05. The number of carbonyl (C=O) groups excluding carboxylic acids is 1. The lowest BCUT2D eigenvalue weighted by Gasteiger charge is -2.00. The molecule has 3 heteroatoms. The highest BCUT2D eigenvalue weighted by molar-refractivity contribution is 5.97. The molecule has 1 aromatic heterocycles. The van der Waals surface area contributed by atoms with Crippen molar-refractivity contribution in [3.63, 3.8) is 0 Å². The lowest BCUT2D eigenvalue weighted by molar-refractivity contribution is 0.0974. The fourth-order valence-electron chi connectivity index (χ4n) is 1.58. The molecule has 0 aliphatic rings. The van der Waals surface area contributed by atoms with Gasteiger partial charge in [-0.1, -0.05) is 12.6 Å². The molecule has 0 saturated carbocycles. The maximum Gasteiger partial charge on any atom is 0.254 e. The van der Waals surface area contributed by atoms with Crippen molar-refractivity contribution in [2.24, 2.45) is 0 Å². The lowest BCUT2D eigenvalue weighted by atomic mass is 10.2. The van der Waals surface area contributed by atoms with Gasteiger partial charge in [0.05, 0.1) is 12.1 Å². The summed E-state index contributed by atoms with van der Waals surface area (Å²) in [6.07, 6.45) is 2.98. The number of carbonyl (C=O) groups is 1. The Hall–Kier alpha value is -1.87. The molecule has 76 valence electrons. The van der Waals surface area contributed by atoms with Gasteiger partial charge in [-0.05, 0) is 29.8 Å². The van der Waals surface area contributed by atoms with Crippen molar-refractivity contribution in [3.8, 4) is 0 Å². The number of allylic oxidation sites excluding steroid dienone is 1. The summed E-state index contributed by atoms with van der Waals surface area (Å²) in [4.78, 5) is 11.4. The molecule has 0 aliphatic heterocycles. The standard InChI is InChI=1S/C12H11NO2/c1-2-12(15)13-6-5-10-7-9(8-14)3-4-11(10)13/h2-7,14H,1,8H2. The number of fused-ring (bicyclic) bond motifs is 1. The summed E-state index contributed by atoms with van der Waals surface area (Å²) in [6, 6.07) is 7.33. The van der Waals surface area contributed by atoms with Crippen LogP contribution in [0.25, 0.3) is 10.9 Å². The fourth-order valence-corrected chi connectivity index (χ4v) is 1.58. The van der Waals surface area contributed by atoms with E-state index in [1.165, 1.54) is 10.6 Å². The largest absolute Gasteiger partial charge is 0.392 e. The van der Waals surface area contributed by atoms with Crippen LogP contribution in [0, 0.1) is 0 Å². The van der Waals surface area contributed by atoms with Gasteiger partial charge in [-0.2, -0.15) is 0 Å². The number of nitrogens with zero attached hydrogens (tertiary/aromatic N) is 1. The van der Waals surface area contributed by atoms with Crippen LogP contribution in [0.15, 0.2) is 43.1 Å². The first-order valence-electron chi connectivity index (χ1n) is 4.64. The molecule has 0 bridgehead atoms. The second kappa shape index (κ2) is 3.71. The zero-order valence-electron chi connectivity index (χ0n) is 8.18. The minimum Gasteiger partial charge on any atom is -0.392 e. The minimum absolute atomic E-state index is 0.0104. The summed E-state index contributed by atoms with van der Waals surface area (Å²) in [5.41, 5.74) is 1.67. The summed E-state index contributed by atoms with van der Waals surface area (Å²) in [6.45, 7) is 3.46. The molecule has 1 aromatic carbocycles. The van der Waals surface area contributed by atoms with E-state index < -0.39 is 0 Å². The van der Waals surface area contributed by atoms with Gasteiger partial charge in [0.15, 0.2) is 0 Å². The monoisotopic (exact) mass is 201 g/mol. The molecular formula is C12H11NO2. The third kappa shape index (κ3) is 1.57. The topological polar surface area (TPSA) is 42.2 Å². The first-order chi connectivity index (χ1) is 7.26. The van der Waals surface area contributed by atoms with E-state index >= 15 is 0 Å². The Morgan fingerprint density at radius 1 is 1.47 bits per heavy atom. The molecule has 0 fully saturated rings. The summed E-state index contributed by atoms with van der Waals surface area (Å²) in [5, 5.41) is 9.91. The predicted molar refractivity (Wildman–Crippen MR) is 58.7 cm³/mol. The molecule has 15 heavy (non-hydrogen) atoms. The van der Waals surface area contributed by atoms with Crippen molar-refractivity contribution < 1.29 is 9.90 Å². The Balaban J connectivity index is 2.61. The number of rotatable bonds is 2. The lowest BCUT2D eigenvalue weighted by Crippen LogP contribution is -2.04. The van der Waals surface area contributed by atoms with Crippen molar-refractivity contribution in [2.45, 2.75) is 6.61 Å². The number of benzene rings is 1. The van der Waals surface area contributed by atoms with Gasteiger partial charge in [0.25, 0.3) is 5.91 Å². The second-order valence-electron chi connectivity index (χ2n) is 3.28. The average molecular weight is 201 g/mol. The van der Waals surface area contributed by atoms with E-state index in [0.29, 0.717) is 0 Å². The van der Waals surface area contributed by atoms with Crippen LogP contribution in [0.4, 0.5) is 0 Å². The molecule has 2 rings (SSSR count). The Bertz CT molecular complexity index is 525. The molecule has 0 unspecified atom stereocenters. The molecule has 0 atom stereocenters. The summed E-state index contributed by atoms with van der Waals surface area (Å²) in [5.74, 6) is -0.151.